The van der Waals surface area contributed by atoms with E-state index >= 15 is 0 Å². The zero-order valence-corrected chi connectivity index (χ0v) is 11.4. The number of para-hydroxylation sites is 1. The van der Waals surface area contributed by atoms with Crippen molar-refractivity contribution in [1.29, 1.82) is 5.26 Å². The first-order valence-electron chi connectivity index (χ1n) is 7.20. The number of amides is 1. The highest BCUT2D eigenvalue weighted by Crippen LogP contribution is 2.29. The maximum absolute atomic E-state index is 12.6. The van der Waals surface area contributed by atoms with Crippen molar-refractivity contribution in [2.45, 2.75) is 31.7 Å². The van der Waals surface area contributed by atoms with Crippen LogP contribution in [0.5, 0.6) is 5.75 Å². The van der Waals surface area contributed by atoms with Gasteiger partial charge in [-0.3, -0.25) is 4.79 Å². The standard InChI is InChI=1S/C16H18N2O2/c17-10-14-6-3-4-8-18(14)16(19)13-9-12-5-1-2-7-15(12)20-11-13/h1-2,5,7,13-14H,3-4,6,8-9,11H2. The van der Waals surface area contributed by atoms with Gasteiger partial charge in [-0.25, -0.2) is 0 Å². The van der Waals surface area contributed by atoms with Crippen molar-refractivity contribution in [3.8, 4) is 11.8 Å². The van der Waals surface area contributed by atoms with Gasteiger partial charge in [0.2, 0.25) is 5.91 Å². The number of carbonyl (C=O) groups is 1. The molecule has 1 fully saturated rings. The van der Waals surface area contributed by atoms with Crippen molar-refractivity contribution < 1.29 is 9.53 Å². The highest BCUT2D eigenvalue weighted by molar-refractivity contribution is 5.80. The van der Waals surface area contributed by atoms with E-state index in [1.807, 2.05) is 24.3 Å². The van der Waals surface area contributed by atoms with E-state index in [1.54, 1.807) is 4.90 Å². The number of hydrogen-bond donors (Lipinski definition) is 0. The van der Waals surface area contributed by atoms with Crippen LogP contribution in [-0.2, 0) is 11.2 Å². The number of benzene rings is 1. The van der Waals surface area contributed by atoms with Gasteiger partial charge in [0.25, 0.3) is 0 Å². The maximum Gasteiger partial charge on any atom is 0.230 e. The molecular weight excluding hydrogens is 252 g/mol. The predicted octanol–water partition coefficient (Wildman–Crippen LogP) is 2.14. The predicted molar refractivity (Wildman–Crippen MR) is 74.1 cm³/mol. The fraction of sp³-hybridized carbons (Fsp3) is 0.500. The molecule has 1 aromatic rings. The summed E-state index contributed by atoms with van der Waals surface area (Å²) in [6.45, 7) is 1.12. The van der Waals surface area contributed by atoms with Gasteiger partial charge in [0.15, 0.2) is 0 Å². The summed E-state index contributed by atoms with van der Waals surface area (Å²) in [6, 6.07) is 9.86. The Bertz CT molecular complexity index is 550. The second kappa shape index (κ2) is 5.54. The van der Waals surface area contributed by atoms with Gasteiger partial charge in [0, 0.05) is 6.54 Å². The van der Waals surface area contributed by atoms with Gasteiger partial charge in [0.1, 0.15) is 18.4 Å². The molecule has 1 amide bonds. The first-order valence-corrected chi connectivity index (χ1v) is 7.20. The number of hydrogen-bond acceptors (Lipinski definition) is 3. The number of rotatable bonds is 1. The first-order chi connectivity index (χ1) is 9.79. The second-order valence-corrected chi connectivity index (χ2v) is 5.49. The van der Waals surface area contributed by atoms with E-state index in [1.165, 1.54) is 0 Å². The second-order valence-electron chi connectivity index (χ2n) is 5.49. The van der Waals surface area contributed by atoms with Crippen molar-refractivity contribution in [3.05, 3.63) is 29.8 Å². The molecule has 0 aromatic heterocycles. The number of nitriles is 1. The third-order valence-corrected chi connectivity index (χ3v) is 4.16. The Morgan fingerprint density at radius 3 is 3.05 bits per heavy atom. The van der Waals surface area contributed by atoms with Crippen LogP contribution in [0, 0.1) is 17.2 Å². The van der Waals surface area contributed by atoms with Crippen LogP contribution in [0.2, 0.25) is 0 Å². The molecule has 3 rings (SSSR count). The Hall–Kier alpha value is -2.02. The lowest BCUT2D eigenvalue weighted by atomic mass is 9.93. The Morgan fingerprint density at radius 2 is 2.20 bits per heavy atom. The van der Waals surface area contributed by atoms with Crippen molar-refractivity contribution in [3.63, 3.8) is 0 Å². The topological polar surface area (TPSA) is 53.3 Å². The summed E-state index contributed by atoms with van der Waals surface area (Å²) in [5.74, 6) is 0.802. The maximum atomic E-state index is 12.6. The number of piperidine rings is 1. The van der Waals surface area contributed by atoms with Crippen LogP contribution in [0.4, 0.5) is 0 Å². The van der Waals surface area contributed by atoms with E-state index in [4.69, 9.17) is 4.74 Å². The van der Waals surface area contributed by atoms with Gasteiger partial charge in [-0.05, 0) is 37.3 Å². The van der Waals surface area contributed by atoms with E-state index in [9.17, 15) is 10.1 Å². The average Bonchev–Trinajstić information content (AvgIpc) is 2.53. The van der Waals surface area contributed by atoms with Crippen LogP contribution in [0.1, 0.15) is 24.8 Å². The molecule has 0 N–H and O–H groups in total. The number of ether oxygens (including phenoxy) is 1. The summed E-state index contributed by atoms with van der Waals surface area (Å²) in [7, 11) is 0. The zero-order valence-electron chi connectivity index (χ0n) is 11.4. The van der Waals surface area contributed by atoms with E-state index in [0.29, 0.717) is 19.6 Å². The van der Waals surface area contributed by atoms with Crippen LogP contribution in [0.3, 0.4) is 0 Å². The lowest BCUT2D eigenvalue weighted by Gasteiger charge is -2.35. The van der Waals surface area contributed by atoms with Gasteiger partial charge in [-0.2, -0.15) is 5.26 Å². The Balaban J connectivity index is 1.74. The largest absolute Gasteiger partial charge is 0.492 e. The molecule has 4 heteroatoms. The van der Waals surface area contributed by atoms with Crippen molar-refractivity contribution in [2.24, 2.45) is 5.92 Å². The summed E-state index contributed by atoms with van der Waals surface area (Å²) in [5, 5.41) is 9.19. The minimum atomic E-state index is -0.256. The minimum Gasteiger partial charge on any atom is -0.492 e. The molecule has 104 valence electrons. The third-order valence-electron chi connectivity index (χ3n) is 4.16. The van der Waals surface area contributed by atoms with E-state index in [0.717, 1.165) is 30.6 Å². The van der Waals surface area contributed by atoms with Gasteiger partial charge < -0.3 is 9.64 Å². The fourth-order valence-corrected chi connectivity index (χ4v) is 3.05. The molecule has 20 heavy (non-hydrogen) atoms. The molecule has 0 bridgehead atoms. The minimum absolute atomic E-state index is 0.0748. The lowest BCUT2D eigenvalue weighted by molar-refractivity contribution is -0.139. The van der Waals surface area contributed by atoms with Crippen LogP contribution < -0.4 is 4.74 Å². The molecule has 2 aliphatic heterocycles. The van der Waals surface area contributed by atoms with Crippen molar-refractivity contribution >= 4 is 5.91 Å². The van der Waals surface area contributed by atoms with Gasteiger partial charge >= 0.3 is 0 Å². The Morgan fingerprint density at radius 1 is 1.35 bits per heavy atom. The molecule has 1 aromatic carbocycles. The summed E-state index contributed by atoms with van der Waals surface area (Å²) >= 11 is 0. The van der Waals surface area contributed by atoms with Gasteiger partial charge in [0.05, 0.1) is 12.0 Å². The molecule has 1 saturated heterocycles. The SMILES string of the molecule is N#CC1CCCCN1C(=O)C1COc2ccccc2C1. The lowest BCUT2D eigenvalue weighted by Crippen LogP contribution is -2.48. The van der Waals surface area contributed by atoms with Gasteiger partial charge in [-0.1, -0.05) is 18.2 Å². The number of nitrogens with zero attached hydrogens (tertiary/aromatic N) is 2. The van der Waals surface area contributed by atoms with Gasteiger partial charge in [-0.15, -0.1) is 0 Å². The highest BCUT2D eigenvalue weighted by Gasteiger charge is 2.34. The molecule has 0 saturated carbocycles. The Labute approximate surface area is 118 Å². The van der Waals surface area contributed by atoms with E-state index < -0.39 is 0 Å². The number of carbonyl (C=O) groups excluding carboxylic acids is 1. The van der Waals surface area contributed by atoms with E-state index in [-0.39, 0.29) is 17.9 Å². The molecule has 2 aliphatic rings. The summed E-state index contributed by atoms with van der Waals surface area (Å²) in [5.41, 5.74) is 1.09. The molecule has 0 spiro atoms. The molecule has 2 atom stereocenters. The molecule has 2 unspecified atom stereocenters. The molecule has 4 nitrogen and oxygen atoms in total. The summed E-state index contributed by atoms with van der Waals surface area (Å²) in [4.78, 5) is 14.4. The normalized spacial score (nSPS) is 25.2. The molecule has 0 aliphatic carbocycles. The van der Waals surface area contributed by atoms with Crippen molar-refractivity contribution in [1.82, 2.24) is 4.90 Å². The zero-order chi connectivity index (χ0) is 13.9. The molecule has 2 heterocycles. The quantitative estimate of drug-likeness (QED) is 0.785. The summed E-state index contributed by atoms with van der Waals surface area (Å²) in [6.07, 6.45) is 3.54. The fourth-order valence-electron chi connectivity index (χ4n) is 3.05. The monoisotopic (exact) mass is 270 g/mol. The average molecular weight is 270 g/mol. The van der Waals surface area contributed by atoms with Crippen LogP contribution >= 0.6 is 0 Å². The molecular formula is C16H18N2O2. The van der Waals surface area contributed by atoms with Crippen LogP contribution in [0.15, 0.2) is 24.3 Å². The molecule has 0 radical (unpaired) electrons. The first kappa shape index (κ1) is 13.0. The van der Waals surface area contributed by atoms with Crippen LogP contribution in [0.25, 0.3) is 0 Å². The third kappa shape index (κ3) is 2.36. The Kier molecular flexibility index (Phi) is 3.60. The smallest absolute Gasteiger partial charge is 0.230 e. The number of fused-ring (bicyclic) bond motifs is 1. The highest BCUT2D eigenvalue weighted by atomic mass is 16.5. The summed E-state index contributed by atoms with van der Waals surface area (Å²) < 4.78 is 5.69. The number of likely N-dealkylation sites (tertiary alicyclic amines) is 1. The van der Waals surface area contributed by atoms with Crippen molar-refractivity contribution in [2.75, 3.05) is 13.2 Å². The van der Waals surface area contributed by atoms with Crippen LogP contribution in [-0.4, -0.2) is 30.0 Å². The van der Waals surface area contributed by atoms with E-state index in [2.05, 4.69) is 6.07 Å².